The van der Waals surface area contributed by atoms with Gasteiger partial charge in [-0.15, -0.1) is 0 Å². The quantitative estimate of drug-likeness (QED) is 0.258. The number of methoxy groups -OCH3 is 1. The molecule has 1 unspecified atom stereocenters. The van der Waals surface area contributed by atoms with Gasteiger partial charge in [0.1, 0.15) is 11.8 Å². The molecule has 3 aromatic rings. The number of benzene rings is 3. The van der Waals surface area contributed by atoms with Crippen molar-refractivity contribution in [1.29, 1.82) is 0 Å². The minimum absolute atomic E-state index is 0.00364. The van der Waals surface area contributed by atoms with E-state index >= 15 is 0 Å². The second-order valence-corrected chi connectivity index (χ2v) is 14.3. The van der Waals surface area contributed by atoms with Crippen LogP contribution in [-0.2, 0) is 24.5 Å². The molecule has 0 radical (unpaired) electrons. The number of nitrogens with zero attached hydrogens (tertiary/aromatic N) is 1. The van der Waals surface area contributed by atoms with Crippen molar-refractivity contribution in [3.05, 3.63) is 83.9 Å². The van der Waals surface area contributed by atoms with Gasteiger partial charge in [0.15, 0.2) is 0 Å². The second kappa shape index (κ2) is 12.2. The Balaban J connectivity index is 1.22. The molecule has 3 aromatic carbocycles. The van der Waals surface area contributed by atoms with Crippen LogP contribution in [-0.4, -0.2) is 64.9 Å². The van der Waals surface area contributed by atoms with E-state index in [0.717, 1.165) is 12.8 Å². The van der Waals surface area contributed by atoms with Gasteiger partial charge in [-0.1, -0.05) is 12.1 Å². The summed E-state index contributed by atoms with van der Waals surface area (Å²) in [5.74, 6) is -1.41. The summed E-state index contributed by atoms with van der Waals surface area (Å²) in [6.45, 7) is 0.00364. The minimum atomic E-state index is -4.24. The molecule has 3 N–H and O–H groups in total. The lowest BCUT2D eigenvalue weighted by atomic mass is 10.1. The van der Waals surface area contributed by atoms with Gasteiger partial charge in [0.25, 0.3) is 11.8 Å². The number of ether oxygens (including phenoxy) is 1. The monoisotopic (exact) mass is 625 g/mol. The van der Waals surface area contributed by atoms with E-state index in [-0.39, 0.29) is 36.1 Å². The van der Waals surface area contributed by atoms with Crippen molar-refractivity contribution in [1.82, 2.24) is 9.03 Å². The fourth-order valence-corrected chi connectivity index (χ4v) is 8.78. The summed E-state index contributed by atoms with van der Waals surface area (Å²) in [7, 11) is -5.66. The number of hydrogen-bond donors (Lipinski definition) is 3. The van der Waals surface area contributed by atoms with Crippen molar-refractivity contribution in [3.8, 4) is 5.75 Å². The molecule has 1 saturated carbocycles. The number of hydrogen-bond acceptors (Lipinski definition) is 7. The number of nitrogens with one attached hydrogen (secondary N) is 2. The summed E-state index contributed by atoms with van der Waals surface area (Å²) < 4.78 is 48.7. The average molecular weight is 626 g/mol. The van der Waals surface area contributed by atoms with Crippen LogP contribution >= 0.6 is 0 Å². The molecule has 1 fully saturated rings. The third kappa shape index (κ3) is 6.58. The van der Waals surface area contributed by atoms with E-state index in [0.29, 0.717) is 27.5 Å². The number of sulfonamides is 1. The molecular formula is C30H31N3O8S2. The second-order valence-electron chi connectivity index (χ2n) is 10.3. The van der Waals surface area contributed by atoms with Crippen LogP contribution in [0.15, 0.2) is 82.6 Å². The Kier molecular flexibility index (Phi) is 8.58. The topological polar surface area (TPSA) is 159 Å². The molecule has 2 atom stereocenters. The summed E-state index contributed by atoms with van der Waals surface area (Å²) in [4.78, 5) is 37.9. The Morgan fingerprint density at radius 2 is 1.74 bits per heavy atom. The lowest BCUT2D eigenvalue weighted by Crippen LogP contribution is -2.41. The average Bonchev–Trinajstić information content (AvgIpc) is 3.79. The lowest BCUT2D eigenvalue weighted by molar-refractivity contribution is -0.139. The number of carbonyl (C=O) groups is 3. The van der Waals surface area contributed by atoms with E-state index in [1.807, 2.05) is 0 Å². The molecule has 0 aromatic heterocycles. The molecule has 43 heavy (non-hydrogen) atoms. The number of aliphatic carboxylic acids is 1. The van der Waals surface area contributed by atoms with Gasteiger partial charge in [-0.2, -0.15) is 4.72 Å². The van der Waals surface area contributed by atoms with Gasteiger partial charge in [-0.25, -0.2) is 12.6 Å². The Bertz CT molecular complexity index is 1780. The lowest BCUT2D eigenvalue weighted by Gasteiger charge is -2.22. The third-order valence-corrected chi connectivity index (χ3v) is 11.4. The molecule has 2 aliphatic rings. The highest BCUT2D eigenvalue weighted by Crippen LogP contribution is 2.35. The van der Waals surface area contributed by atoms with E-state index in [2.05, 4.69) is 10.0 Å². The summed E-state index contributed by atoms with van der Waals surface area (Å²) >= 11 is 0. The normalized spacial score (nSPS) is 18.5. The molecule has 2 amide bonds. The Labute approximate surface area is 250 Å². The Morgan fingerprint density at radius 1 is 1.07 bits per heavy atom. The molecule has 0 bridgehead atoms. The van der Waals surface area contributed by atoms with Gasteiger partial charge in [0.05, 0.1) is 32.2 Å². The van der Waals surface area contributed by atoms with Crippen molar-refractivity contribution in [2.24, 2.45) is 5.92 Å². The van der Waals surface area contributed by atoms with E-state index in [1.54, 1.807) is 53.9 Å². The van der Waals surface area contributed by atoms with Crippen LogP contribution in [0.5, 0.6) is 5.75 Å². The molecular weight excluding hydrogens is 594 g/mol. The van der Waals surface area contributed by atoms with Gasteiger partial charge in [-0.05, 0) is 97.6 Å². The van der Waals surface area contributed by atoms with Crippen LogP contribution in [0.1, 0.15) is 46.4 Å². The summed E-state index contributed by atoms with van der Waals surface area (Å²) in [6, 6.07) is 17.0. The fraction of sp³-hybridized carbons (Fsp3) is 0.267. The summed E-state index contributed by atoms with van der Waals surface area (Å²) in [6.07, 6.45) is 1.77. The Hall–Kier alpha value is -4.20. The zero-order valence-corrected chi connectivity index (χ0v) is 24.9. The van der Waals surface area contributed by atoms with Crippen LogP contribution in [0.2, 0.25) is 0 Å². The smallest absolute Gasteiger partial charge is 0.321 e. The van der Waals surface area contributed by atoms with Crippen LogP contribution in [0, 0.1) is 5.92 Å². The molecule has 13 heteroatoms. The van der Waals surface area contributed by atoms with Gasteiger partial charge in [0, 0.05) is 17.8 Å². The predicted molar refractivity (Wildman–Crippen MR) is 161 cm³/mol. The molecule has 5 rings (SSSR count). The van der Waals surface area contributed by atoms with E-state index < -0.39 is 37.6 Å². The van der Waals surface area contributed by atoms with Crippen LogP contribution in [0.25, 0.3) is 0 Å². The first-order chi connectivity index (χ1) is 20.5. The molecule has 1 aliphatic heterocycles. The van der Waals surface area contributed by atoms with Gasteiger partial charge in [-0.3, -0.25) is 18.7 Å². The van der Waals surface area contributed by atoms with Crippen molar-refractivity contribution in [2.75, 3.05) is 19.0 Å². The third-order valence-electron chi connectivity index (χ3n) is 7.21. The molecule has 1 heterocycles. The standard InChI is InChI=1S/C30H31N3O8S2/c1-41-23-14-10-21(11-15-23)28(34)31-22-12-16-24(17-13-22)43(39,40)32-26(30(36)37)6-4-18-33-29(35)25-5-2-3-7-27(25)42(33,38)19-20-8-9-20/h2-3,5,7,10-17,19-20,26,32H,4,6,8-9,18H2,1H3,(H,31,34)(H,36,37)/t26-,42?/m1/s1. The maximum Gasteiger partial charge on any atom is 0.321 e. The SMILES string of the molecule is COc1ccc(C(=O)Nc2ccc(S(=O)(=O)N[C@H](CCCN3C(=O)c4ccccc4S3(=O)=CC3CC3)C(=O)O)cc2)cc1. The summed E-state index contributed by atoms with van der Waals surface area (Å²) in [5.41, 5.74) is 1.09. The predicted octanol–water partition coefficient (Wildman–Crippen LogP) is 3.39. The number of carboxylic acid groups (broad SMARTS) is 1. The van der Waals surface area contributed by atoms with Crippen molar-refractivity contribution < 1.29 is 36.9 Å². The van der Waals surface area contributed by atoms with Crippen molar-refractivity contribution in [3.63, 3.8) is 0 Å². The minimum Gasteiger partial charge on any atom is -0.497 e. The summed E-state index contributed by atoms with van der Waals surface area (Å²) in [5, 5.41) is 14.2. The number of anilines is 1. The molecule has 1 aliphatic carbocycles. The van der Waals surface area contributed by atoms with Gasteiger partial charge >= 0.3 is 5.97 Å². The van der Waals surface area contributed by atoms with Crippen molar-refractivity contribution >= 4 is 48.6 Å². The molecule has 11 nitrogen and oxygen atoms in total. The highest BCUT2D eigenvalue weighted by Gasteiger charge is 2.39. The highest BCUT2D eigenvalue weighted by atomic mass is 32.2. The zero-order chi connectivity index (χ0) is 30.8. The first-order valence-corrected chi connectivity index (χ1v) is 16.7. The van der Waals surface area contributed by atoms with E-state index in [4.69, 9.17) is 4.74 Å². The molecule has 0 spiro atoms. The molecule has 226 valence electrons. The number of carboxylic acids is 1. The maximum atomic E-state index is 14.0. The maximum absolute atomic E-state index is 14.0. The number of carbonyl (C=O) groups excluding carboxylic acids is 2. The number of rotatable bonds is 12. The molecule has 0 saturated heterocycles. The first kappa shape index (κ1) is 30.3. The first-order valence-electron chi connectivity index (χ1n) is 13.6. The number of fused-ring (bicyclic) bond motifs is 1. The van der Waals surface area contributed by atoms with Gasteiger partial charge in [0.2, 0.25) is 10.0 Å². The highest BCUT2D eigenvalue weighted by molar-refractivity contribution is 8.00. The van der Waals surface area contributed by atoms with Gasteiger partial charge < -0.3 is 15.2 Å². The largest absolute Gasteiger partial charge is 0.497 e. The number of amides is 2. The van der Waals surface area contributed by atoms with E-state index in [1.165, 1.54) is 35.7 Å². The fourth-order valence-electron chi connectivity index (χ4n) is 4.74. The van der Waals surface area contributed by atoms with Crippen LogP contribution in [0.4, 0.5) is 5.69 Å². The zero-order valence-electron chi connectivity index (χ0n) is 23.3. The van der Waals surface area contributed by atoms with Crippen LogP contribution in [0.3, 0.4) is 0 Å². The van der Waals surface area contributed by atoms with E-state index in [9.17, 15) is 32.1 Å². The Morgan fingerprint density at radius 3 is 2.37 bits per heavy atom. The van der Waals surface area contributed by atoms with Crippen LogP contribution < -0.4 is 14.8 Å². The van der Waals surface area contributed by atoms with Crippen molar-refractivity contribution in [2.45, 2.75) is 41.5 Å².